The van der Waals surface area contributed by atoms with Gasteiger partial charge < -0.3 is 0 Å². The number of hydrogen-bond donors (Lipinski definition) is 0. The van der Waals surface area contributed by atoms with Gasteiger partial charge in [0, 0.05) is 5.33 Å². The number of halogens is 1. The Morgan fingerprint density at radius 3 is 1.74 bits per heavy atom. The van der Waals surface area contributed by atoms with E-state index in [-0.39, 0.29) is 0 Å². The molecule has 0 saturated heterocycles. The van der Waals surface area contributed by atoms with Gasteiger partial charge in [-0.05, 0) is 42.2 Å². The van der Waals surface area contributed by atoms with Crippen LogP contribution in [0, 0.1) is 0 Å². The van der Waals surface area contributed by atoms with Crippen molar-refractivity contribution in [1.82, 2.24) is 0 Å². The van der Waals surface area contributed by atoms with Crippen LogP contribution in [0.4, 0.5) is 0 Å². The number of rotatable bonds is 6. The summed E-state index contributed by atoms with van der Waals surface area (Å²) in [6.45, 7) is 0. The van der Waals surface area contributed by atoms with E-state index in [0.29, 0.717) is 0 Å². The van der Waals surface area contributed by atoms with Crippen molar-refractivity contribution in [2.75, 3.05) is 5.33 Å². The monoisotopic (exact) mass is 382 g/mol. The smallest absolute Gasteiger partial charge is 0.00344 e. The summed E-state index contributed by atoms with van der Waals surface area (Å²) in [5.74, 6) is 0. The van der Waals surface area contributed by atoms with Crippen LogP contribution < -0.4 is 15.9 Å². The number of aryl methyl sites for hydroxylation is 1. The van der Waals surface area contributed by atoms with Crippen molar-refractivity contribution in [3.05, 3.63) is 90.5 Å². The highest BCUT2D eigenvalue weighted by Gasteiger charge is 2.18. The van der Waals surface area contributed by atoms with Crippen molar-refractivity contribution >= 4 is 39.8 Å². The van der Waals surface area contributed by atoms with Crippen LogP contribution in [-0.4, -0.2) is 5.33 Å². The Morgan fingerprint density at radius 2 is 1.17 bits per heavy atom. The van der Waals surface area contributed by atoms with E-state index in [4.69, 9.17) is 0 Å². The molecule has 0 heterocycles. The number of benzene rings is 3. The highest BCUT2D eigenvalue weighted by Crippen LogP contribution is 2.34. The topological polar surface area (TPSA) is 0 Å². The summed E-state index contributed by atoms with van der Waals surface area (Å²) >= 11 is 3.56. The molecule has 3 rings (SSSR count). The third kappa shape index (κ3) is 4.10. The van der Waals surface area contributed by atoms with Gasteiger partial charge in [-0.2, -0.15) is 0 Å². The van der Waals surface area contributed by atoms with E-state index < -0.39 is 7.92 Å². The van der Waals surface area contributed by atoms with Crippen molar-refractivity contribution in [3.8, 4) is 0 Å². The van der Waals surface area contributed by atoms with E-state index in [1.54, 1.807) is 0 Å². The predicted octanol–water partition coefficient (Wildman–Crippen LogP) is 4.77. The zero-order valence-electron chi connectivity index (χ0n) is 13.0. The Morgan fingerprint density at radius 1 is 0.652 bits per heavy atom. The average Bonchev–Trinajstić information content (AvgIpc) is 2.63. The molecule has 0 aliphatic rings. The quantitative estimate of drug-likeness (QED) is 0.425. The molecule has 0 spiro atoms. The van der Waals surface area contributed by atoms with Gasteiger partial charge in [-0.15, -0.1) is 0 Å². The molecular formula is C21H20BrP. The van der Waals surface area contributed by atoms with Crippen LogP contribution in [0.5, 0.6) is 0 Å². The van der Waals surface area contributed by atoms with Crippen LogP contribution in [0.3, 0.4) is 0 Å². The minimum Gasteiger partial charge on any atom is -0.0928 e. The fourth-order valence-electron chi connectivity index (χ4n) is 2.78. The largest absolute Gasteiger partial charge is 0.0928 e. The zero-order chi connectivity index (χ0) is 15.9. The summed E-state index contributed by atoms with van der Waals surface area (Å²) in [6.07, 6.45) is 2.30. The first-order valence-electron chi connectivity index (χ1n) is 7.94. The standard InChI is InChI=1S/C21H20BrP/c22-17-9-11-18-10-7-8-16-21(18)23(19-12-3-1-4-13-19)20-14-5-2-6-15-20/h1-8,10,12-16H,9,11,17H2. The third-order valence-electron chi connectivity index (χ3n) is 3.84. The second-order valence-electron chi connectivity index (χ2n) is 5.43. The molecule has 0 bridgehead atoms. The molecule has 0 nitrogen and oxygen atoms in total. The molecule has 0 amide bonds. The lowest BCUT2D eigenvalue weighted by molar-refractivity contribution is 0.946. The summed E-state index contributed by atoms with van der Waals surface area (Å²) in [5, 5.41) is 5.37. The van der Waals surface area contributed by atoms with Crippen LogP contribution in [0.1, 0.15) is 12.0 Å². The van der Waals surface area contributed by atoms with Gasteiger partial charge in [-0.25, -0.2) is 0 Å². The lowest BCUT2D eigenvalue weighted by Crippen LogP contribution is -2.23. The molecule has 0 atom stereocenters. The Kier molecular flexibility index (Phi) is 6.02. The van der Waals surface area contributed by atoms with E-state index in [1.807, 2.05) is 0 Å². The molecule has 0 radical (unpaired) electrons. The summed E-state index contributed by atoms with van der Waals surface area (Å²) in [7, 11) is -0.499. The molecule has 0 N–H and O–H groups in total. The first-order chi connectivity index (χ1) is 11.4. The molecule has 3 aromatic carbocycles. The third-order valence-corrected chi connectivity index (χ3v) is 6.95. The highest BCUT2D eigenvalue weighted by atomic mass is 79.9. The van der Waals surface area contributed by atoms with Crippen molar-refractivity contribution in [1.29, 1.82) is 0 Å². The average molecular weight is 383 g/mol. The normalized spacial score (nSPS) is 10.9. The molecule has 0 saturated carbocycles. The van der Waals surface area contributed by atoms with E-state index >= 15 is 0 Å². The highest BCUT2D eigenvalue weighted by molar-refractivity contribution is 9.09. The van der Waals surface area contributed by atoms with E-state index in [2.05, 4.69) is 101 Å². The Labute approximate surface area is 148 Å². The summed E-state index contributed by atoms with van der Waals surface area (Å²) < 4.78 is 0. The summed E-state index contributed by atoms with van der Waals surface area (Å²) in [5.41, 5.74) is 1.48. The van der Waals surface area contributed by atoms with Gasteiger partial charge in [0.05, 0.1) is 0 Å². The minimum atomic E-state index is -0.499. The lowest BCUT2D eigenvalue weighted by Gasteiger charge is -2.22. The summed E-state index contributed by atoms with van der Waals surface area (Å²) in [4.78, 5) is 0. The molecule has 23 heavy (non-hydrogen) atoms. The van der Waals surface area contributed by atoms with Gasteiger partial charge in [0.2, 0.25) is 0 Å². The van der Waals surface area contributed by atoms with Crippen LogP contribution in [0.2, 0.25) is 0 Å². The fourth-order valence-corrected chi connectivity index (χ4v) is 5.56. The van der Waals surface area contributed by atoms with Gasteiger partial charge in [-0.3, -0.25) is 0 Å². The molecule has 3 aromatic rings. The molecule has 0 fully saturated rings. The van der Waals surface area contributed by atoms with Gasteiger partial charge in [0.15, 0.2) is 0 Å². The van der Waals surface area contributed by atoms with E-state index in [1.165, 1.54) is 27.9 Å². The van der Waals surface area contributed by atoms with E-state index in [9.17, 15) is 0 Å². The van der Waals surface area contributed by atoms with Crippen molar-refractivity contribution < 1.29 is 0 Å². The number of alkyl halides is 1. The maximum absolute atomic E-state index is 3.56. The first-order valence-corrected chi connectivity index (χ1v) is 10.4. The van der Waals surface area contributed by atoms with Crippen LogP contribution >= 0.6 is 23.9 Å². The van der Waals surface area contributed by atoms with E-state index in [0.717, 1.165) is 11.8 Å². The first kappa shape index (κ1) is 16.4. The molecule has 0 aromatic heterocycles. The van der Waals surface area contributed by atoms with Crippen LogP contribution in [0.15, 0.2) is 84.9 Å². The maximum Gasteiger partial charge on any atom is 0.00344 e. The Hall–Kier alpha value is -1.43. The zero-order valence-corrected chi connectivity index (χ0v) is 15.5. The second kappa shape index (κ2) is 8.43. The van der Waals surface area contributed by atoms with Crippen molar-refractivity contribution in [2.24, 2.45) is 0 Å². The van der Waals surface area contributed by atoms with Gasteiger partial charge in [0.25, 0.3) is 0 Å². The molecule has 0 aliphatic carbocycles. The van der Waals surface area contributed by atoms with Crippen molar-refractivity contribution in [3.63, 3.8) is 0 Å². The molecule has 0 unspecified atom stereocenters. The Bertz CT molecular complexity index is 686. The predicted molar refractivity (Wildman–Crippen MR) is 107 cm³/mol. The van der Waals surface area contributed by atoms with Crippen molar-refractivity contribution in [2.45, 2.75) is 12.8 Å². The lowest BCUT2D eigenvalue weighted by atomic mass is 10.1. The summed E-state index contributed by atoms with van der Waals surface area (Å²) in [6, 6.07) is 30.8. The van der Waals surface area contributed by atoms with Crippen LogP contribution in [-0.2, 0) is 6.42 Å². The SMILES string of the molecule is BrCCCc1ccccc1P(c1ccccc1)c1ccccc1. The fraction of sp³-hybridized carbons (Fsp3) is 0.143. The van der Waals surface area contributed by atoms with Gasteiger partial charge >= 0.3 is 0 Å². The second-order valence-corrected chi connectivity index (χ2v) is 8.41. The maximum atomic E-state index is 3.56. The number of hydrogen-bond acceptors (Lipinski definition) is 0. The minimum absolute atomic E-state index is 0.499. The molecular weight excluding hydrogens is 363 g/mol. The van der Waals surface area contributed by atoms with Gasteiger partial charge in [0.1, 0.15) is 0 Å². The Balaban J connectivity index is 2.10. The van der Waals surface area contributed by atoms with Gasteiger partial charge in [-0.1, -0.05) is 101 Å². The molecule has 0 aliphatic heterocycles. The molecule has 116 valence electrons. The molecule has 2 heteroatoms. The van der Waals surface area contributed by atoms with Crippen LogP contribution in [0.25, 0.3) is 0 Å².